The molecule has 1 saturated carbocycles. The number of amides is 1. The van der Waals surface area contributed by atoms with Gasteiger partial charge in [-0.1, -0.05) is 13.8 Å². The number of nitrogens with one attached hydrogen (secondary N) is 2. The molecular formula is C14H26N2O2. The molecule has 0 aromatic rings. The minimum atomic E-state index is 0.160. The maximum absolute atomic E-state index is 11.9. The molecule has 0 radical (unpaired) electrons. The lowest BCUT2D eigenvalue weighted by atomic mass is 9.94. The van der Waals surface area contributed by atoms with Crippen molar-refractivity contribution in [3.8, 4) is 0 Å². The number of hydrogen-bond acceptors (Lipinski definition) is 3. The summed E-state index contributed by atoms with van der Waals surface area (Å²) in [5.74, 6) is 0.880. The van der Waals surface area contributed by atoms with E-state index in [0.29, 0.717) is 18.4 Å². The molecule has 2 rings (SSSR count). The molecule has 2 aliphatic rings. The Morgan fingerprint density at radius 1 is 1.50 bits per heavy atom. The molecule has 1 aliphatic carbocycles. The molecule has 104 valence electrons. The smallest absolute Gasteiger partial charge is 0.221 e. The van der Waals surface area contributed by atoms with E-state index >= 15 is 0 Å². The zero-order valence-electron chi connectivity index (χ0n) is 11.6. The normalized spacial score (nSPS) is 26.1. The number of carbonyl (C=O) groups excluding carboxylic acids is 1. The van der Waals surface area contributed by atoms with Gasteiger partial charge in [0.1, 0.15) is 0 Å². The van der Waals surface area contributed by atoms with Crippen LogP contribution < -0.4 is 10.6 Å². The Bertz CT molecular complexity index is 282. The van der Waals surface area contributed by atoms with E-state index in [0.717, 1.165) is 25.6 Å². The van der Waals surface area contributed by atoms with E-state index in [-0.39, 0.29) is 11.9 Å². The Kier molecular flexibility index (Phi) is 4.62. The van der Waals surface area contributed by atoms with Crippen molar-refractivity contribution in [2.24, 2.45) is 11.3 Å². The molecule has 0 spiro atoms. The van der Waals surface area contributed by atoms with Crippen LogP contribution in [0, 0.1) is 11.3 Å². The van der Waals surface area contributed by atoms with Crippen LogP contribution in [-0.4, -0.2) is 38.3 Å². The maximum atomic E-state index is 11.9. The van der Waals surface area contributed by atoms with Crippen LogP contribution in [0.1, 0.15) is 39.5 Å². The molecule has 1 atom stereocenters. The zero-order valence-corrected chi connectivity index (χ0v) is 11.6. The van der Waals surface area contributed by atoms with Gasteiger partial charge in [0.25, 0.3) is 0 Å². The molecular weight excluding hydrogens is 228 g/mol. The molecule has 1 saturated heterocycles. The van der Waals surface area contributed by atoms with Gasteiger partial charge >= 0.3 is 0 Å². The van der Waals surface area contributed by atoms with Gasteiger partial charge in [0.2, 0.25) is 5.91 Å². The monoisotopic (exact) mass is 254 g/mol. The summed E-state index contributed by atoms with van der Waals surface area (Å²) in [6.07, 6.45) is 4.32. The summed E-state index contributed by atoms with van der Waals surface area (Å²) in [6, 6.07) is 0.194. The molecule has 0 aromatic carbocycles. The van der Waals surface area contributed by atoms with E-state index < -0.39 is 0 Å². The van der Waals surface area contributed by atoms with Gasteiger partial charge in [-0.2, -0.15) is 0 Å². The molecule has 4 nitrogen and oxygen atoms in total. The SMILES string of the molecule is CC(C)CC1(CNC(=O)CC2COCCN2)CC1. The van der Waals surface area contributed by atoms with Gasteiger partial charge in [-0.05, 0) is 30.6 Å². The third kappa shape index (κ3) is 4.25. The van der Waals surface area contributed by atoms with Crippen molar-refractivity contribution < 1.29 is 9.53 Å². The summed E-state index contributed by atoms with van der Waals surface area (Å²) >= 11 is 0. The summed E-state index contributed by atoms with van der Waals surface area (Å²) in [5.41, 5.74) is 0.417. The fraction of sp³-hybridized carbons (Fsp3) is 0.929. The first-order valence-electron chi connectivity index (χ1n) is 7.17. The van der Waals surface area contributed by atoms with Crippen LogP contribution in [0.5, 0.6) is 0 Å². The Labute approximate surface area is 110 Å². The minimum absolute atomic E-state index is 0.160. The lowest BCUT2D eigenvalue weighted by molar-refractivity contribution is -0.122. The number of hydrogen-bond donors (Lipinski definition) is 2. The first kappa shape index (κ1) is 13.8. The molecule has 1 aliphatic heterocycles. The van der Waals surface area contributed by atoms with Crippen molar-refractivity contribution in [2.75, 3.05) is 26.3 Å². The van der Waals surface area contributed by atoms with Gasteiger partial charge in [-0.15, -0.1) is 0 Å². The predicted octanol–water partition coefficient (Wildman–Crippen LogP) is 1.31. The summed E-state index contributed by atoms with van der Waals surface area (Å²) < 4.78 is 5.35. The van der Waals surface area contributed by atoms with E-state index in [1.807, 2.05) is 0 Å². The average molecular weight is 254 g/mol. The standard InChI is InChI=1S/C14H26N2O2/c1-11(2)8-14(3-4-14)10-16-13(17)7-12-9-18-6-5-15-12/h11-12,15H,3-10H2,1-2H3,(H,16,17). The quantitative estimate of drug-likeness (QED) is 0.751. The Morgan fingerprint density at radius 2 is 2.28 bits per heavy atom. The van der Waals surface area contributed by atoms with E-state index in [9.17, 15) is 4.79 Å². The van der Waals surface area contributed by atoms with Crippen molar-refractivity contribution in [1.82, 2.24) is 10.6 Å². The second-order valence-electron chi connectivity index (χ2n) is 6.30. The van der Waals surface area contributed by atoms with E-state index in [4.69, 9.17) is 4.74 Å². The molecule has 2 fully saturated rings. The van der Waals surface area contributed by atoms with Crippen molar-refractivity contribution in [3.63, 3.8) is 0 Å². The van der Waals surface area contributed by atoms with Gasteiger partial charge in [0.05, 0.1) is 13.2 Å². The zero-order chi connectivity index (χ0) is 13.0. The van der Waals surface area contributed by atoms with Gasteiger partial charge in [-0.25, -0.2) is 0 Å². The first-order valence-corrected chi connectivity index (χ1v) is 7.17. The maximum Gasteiger partial charge on any atom is 0.221 e. The van der Waals surface area contributed by atoms with Crippen molar-refractivity contribution in [2.45, 2.75) is 45.6 Å². The third-order valence-electron chi connectivity index (χ3n) is 3.89. The van der Waals surface area contributed by atoms with Crippen LogP contribution in [-0.2, 0) is 9.53 Å². The number of ether oxygens (including phenoxy) is 1. The highest BCUT2D eigenvalue weighted by atomic mass is 16.5. The van der Waals surface area contributed by atoms with Gasteiger partial charge in [0.15, 0.2) is 0 Å². The second kappa shape index (κ2) is 6.02. The summed E-state index contributed by atoms with van der Waals surface area (Å²) in [7, 11) is 0. The summed E-state index contributed by atoms with van der Waals surface area (Å²) in [5, 5.41) is 6.41. The number of carbonyl (C=O) groups is 1. The van der Waals surface area contributed by atoms with Crippen LogP contribution in [0.15, 0.2) is 0 Å². The van der Waals surface area contributed by atoms with E-state index in [1.54, 1.807) is 0 Å². The molecule has 0 bridgehead atoms. The number of rotatable bonds is 6. The van der Waals surface area contributed by atoms with Crippen molar-refractivity contribution in [3.05, 3.63) is 0 Å². The molecule has 1 amide bonds. The highest BCUT2D eigenvalue weighted by molar-refractivity contribution is 5.76. The Hall–Kier alpha value is -0.610. The second-order valence-corrected chi connectivity index (χ2v) is 6.30. The van der Waals surface area contributed by atoms with Crippen LogP contribution in [0.2, 0.25) is 0 Å². The fourth-order valence-corrected chi connectivity index (χ4v) is 2.83. The number of morpholine rings is 1. The topological polar surface area (TPSA) is 50.4 Å². The minimum Gasteiger partial charge on any atom is -0.378 e. The molecule has 1 unspecified atom stereocenters. The van der Waals surface area contributed by atoms with Crippen LogP contribution >= 0.6 is 0 Å². The van der Waals surface area contributed by atoms with Gasteiger partial charge in [-0.3, -0.25) is 4.79 Å². The Morgan fingerprint density at radius 3 is 2.83 bits per heavy atom. The third-order valence-corrected chi connectivity index (χ3v) is 3.89. The van der Waals surface area contributed by atoms with E-state index in [1.165, 1.54) is 19.3 Å². The highest BCUT2D eigenvalue weighted by Crippen LogP contribution is 2.49. The van der Waals surface area contributed by atoms with Gasteiger partial charge in [0, 0.05) is 25.6 Å². The van der Waals surface area contributed by atoms with E-state index in [2.05, 4.69) is 24.5 Å². The average Bonchev–Trinajstić information content (AvgIpc) is 3.07. The summed E-state index contributed by atoms with van der Waals surface area (Å²) in [4.78, 5) is 11.9. The fourth-order valence-electron chi connectivity index (χ4n) is 2.83. The van der Waals surface area contributed by atoms with Crippen molar-refractivity contribution >= 4 is 5.91 Å². The molecule has 0 aromatic heterocycles. The predicted molar refractivity (Wildman–Crippen MR) is 71.4 cm³/mol. The lowest BCUT2D eigenvalue weighted by Gasteiger charge is -2.24. The summed E-state index contributed by atoms with van der Waals surface area (Å²) in [6.45, 7) is 7.64. The van der Waals surface area contributed by atoms with Gasteiger partial charge < -0.3 is 15.4 Å². The highest BCUT2D eigenvalue weighted by Gasteiger charge is 2.42. The lowest BCUT2D eigenvalue weighted by Crippen LogP contribution is -2.44. The first-order chi connectivity index (χ1) is 8.60. The van der Waals surface area contributed by atoms with Crippen LogP contribution in [0.25, 0.3) is 0 Å². The molecule has 4 heteroatoms. The Balaban J connectivity index is 1.65. The van der Waals surface area contributed by atoms with Crippen molar-refractivity contribution in [1.29, 1.82) is 0 Å². The molecule has 1 heterocycles. The molecule has 2 N–H and O–H groups in total. The largest absolute Gasteiger partial charge is 0.378 e. The molecule has 18 heavy (non-hydrogen) atoms. The van der Waals surface area contributed by atoms with Crippen LogP contribution in [0.3, 0.4) is 0 Å². The van der Waals surface area contributed by atoms with Crippen LogP contribution in [0.4, 0.5) is 0 Å².